The molecule has 0 aliphatic heterocycles. The number of anilines is 1. The van der Waals surface area contributed by atoms with Crippen molar-refractivity contribution in [3.05, 3.63) is 69.7 Å². The Morgan fingerprint density at radius 2 is 1.60 bits per heavy atom. The molecule has 0 radical (unpaired) electrons. The quantitative estimate of drug-likeness (QED) is 0.643. The summed E-state index contributed by atoms with van der Waals surface area (Å²) in [6, 6.07) is 3.86. The number of hydrogen-bond acceptors (Lipinski definition) is 4. The highest BCUT2D eigenvalue weighted by atomic mass is 35.5. The SMILES string of the molecule is Cc1cc(Cl)ncc1-c1cnc(NCc2c(F)cc(Cl)cc2F)nc1. The summed E-state index contributed by atoms with van der Waals surface area (Å²) in [5, 5.41) is 3.20. The molecule has 3 aromatic rings. The minimum Gasteiger partial charge on any atom is -0.350 e. The summed E-state index contributed by atoms with van der Waals surface area (Å²) < 4.78 is 27.5. The van der Waals surface area contributed by atoms with Crippen molar-refractivity contribution >= 4 is 29.2 Å². The van der Waals surface area contributed by atoms with Gasteiger partial charge in [0.15, 0.2) is 0 Å². The van der Waals surface area contributed by atoms with E-state index in [0.717, 1.165) is 28.8 Å². The highest BCUT2D eigenvalue weighted by Gasteiger charge is 2.11. The van der Waals surface area contributed by atoms with Gasteiger partial charge in [0.2, 0.25) is 5.95 Å². The second-order valence-corrected chi connectivity index (χ2v) is 6.14. The molecule has 1 N–H and O–H groups in total. The lowest BCUT2D eigenvalue weighted by atomic mass is 10.1. The molecule has 2 aromatic heterocycles. The zero-order chi connectivity index (χ0) is 18.0. The number of hydrogen-bond donors (Lipinski definition) is 1. The van der Waals surface area contributed by atoms with Crippen molar-refractivity contribution in [2.45, 2.75) is 13.5 Å². The second-order valence-electron chi connectivity index (χ2n) is 5.32. The number of nitrogens with one attached hydrogen (secondary N) is 1. The van der Waals surface area contributed by atoms with E-state index in [1.54, 1.807) is 24.7 Å². The van der Waals surface area contributed by atoms with Gasteiger partial charge in [0.1, 0.15) is 16.8 Å². The minimum absolute atomic E-state index is 0.00583. The molecule has 0 saturated heterocycles. The fourth-order valence-electron chi connectivity index (χ4n) is 2.29. The first kappa shape index (κ1) is 17.5. The van der Waals surface area contributed by atoms with Gasteiger partial charge in [0.25, 0.3) is 0 Å². The van der Waals surface area contributed by atoms with Crippen LogP contribution in [0.25, 0.3) is 11.1 Å². The molecule has 128 valence electrons. The Hall–Kier alpha value is -2.31. The van der Waals surface area contributed by atoms with Crippen LogP contribution >= 0.6 is 23.2 Å². The van der Waals surface area contributed by atoms with E-state index < -0.39 is 11.6 Å². The number of pyridine rings is 1. The summed E-state index contributed by atoms with van der Waals surface area (Å²) in [4.78, 5) is 12.4. The predicted molar refractivity (Wildman–Crippen MR) is 93.7 cm³/mol. The van der Waals surface area contributed by atoms with Crippen molar-refractivity contribution in [3.8, 4) is 11.1 Å². The van der Waals surface area contributed by atoms with Crippen LogP contribution in [0, 0.1) is 18.6 Å². The Bertz CT molecular complexity index is 894. The average molecular weight is 381 g/mol. The summed E-state index contributed by atoms with van der Waals surface area (Å²) in [6.45, 7) is 1.80. The van der Waals surface area contributed by atoms with Crippen molar-refractivity contribution in [1.82, 2.24) is 15.0 Å². The topological polar surface area (TPSA) is 50.7 Å². The van der Waals surface area contributed by atoms with Gasteiger partial charge in [0.05, 0.1) is 0 Å². The van der Waals surface area contributed by atoms with E-state index in [9.17, 15) is 8.78 Å². The van der Waals surface area contributed by atoms with Gasteiger partial charge >= 0.3 is 0 Å². The minimum atomic E-state index is -0.725. The van der Waals surface area contributed by atoms with E-state index in [1.165, 1.54) is 0 Å². The summed E-state index contributed by atoms with van der Waals surface area (Å²) >= 11 is 11.4. The van der Waals surface area contributed by atoms with Crippen molar-refractivity contribution in [1.29, 1.82) is 0 Å². The van der Waals surface area contributed by atoms with Gasteiger partial charge in [-0.05, 0) is 30.7 Å². The van der Waals surface area contributed by atoms with Crippen molar-refractivity contribution in [2.24, 2.45) is 0 Å². The third-order valence-electron chi connectivity index (χ3n) is 3.57. The summed E-state index contributed by atoms with van der Waals surface area (Å²) in [7, 11) is 0. The average Bonchev–Trinajstić information content (AvgIpc) is 2.55. The molecule has 4 nitrogen and oxygen atoms in total. The molecule has 0 fully saturated rings. The molecule has 0 unspecified atom stereocenters. The van der Waals surface area contributed by atoms with E-state index in [0.29, 0.717) is 5.15 Å². The van der Waals surface area contributed by atoms with Gasteiger partial charge in [0, 0.05) is 46.8 Å². The lowest BCUT2D eigenvalue weighted by Crippen LogP contribution is -2.07. The molecule has 0 aliphatic rings. The van der Waals surface area contributed by atoms with Crippen molar-refractivity contribution in [3.63, 3.8) is 0 Å². The molecule has 0 saturated carbocycles. The molecular formula is C17H12Cl2F2N4. The van der Waals surface area contributed by atoms with Crippen molar-refractivity contribution in [2.75, 3.05) is 5.32 Å². The lowest BCUT2D eigenvalue weighted by molar-refractivity contribution is 0.560. The van der Waals surface area contributed by atoms with Crippen LogP contribution in [0.5, 0.6) is 0 Å². The fourth-order valence-corrected chi connectivity index (χ4v) is 2.69. The smallest absolute Gasteiger partial charge is 0.222 e. The van der Waals surface area contributed by atoms with Crippen LogP contribution in [0.15, 0.2) is 36.8 Å². The van der Waals surface area contributed by atoms with Gasteiger partial charge in [-0.2, -0.15) is 0 Å². The van der Waals surface area contributed by atoms with Crippen LogP contribution in [0.1, 0.15) is 11.1 Å². The number of aryl methyl sites for hydroxylation is 1. The van der Waals surface area contributed by atoms with Crippen LogP contribution in [-0.2, 0) is 6.54 Å². The Morgan fingerprint density at radius 1 is 0.960 bits per heavy atom. The number of aromatic nitrogens is 3. The van der Waals surface area contributed by atoms with E-state index in [1.807, 2.05) is 6.92 Å². The second kappa shape index (κ2) is 7.29. The molecule has 0 bridgehead atoms. The molecule has 0 aliphatic carbocycles. The predicted octanol–water partition coefficient (Wildman–Crippen LogP) is 5.04. The van der Waals surface area contributed by atoms with Crippen molar-refractivity contribution < 1.29 is 8.78 Å². The first-order valence-electron chi connectivity index (χ1n) is 7.26. The first-order chi connectivity index (χ1) is 11.9. The van der Waals surface area contributed by atoms with Crippen LogP contribution < -0.4 is 5.32 Å². The molecule has 3 rings (SSSR count). The van der Waals surface area contributed by atoms with E-state index in [4.69, 9.17) is 23.2 Å². The maximum absolute atomic E-state index is 13.8. The fraction of sp³-hybridized carbons (Fsp3) is 0.118. The normalized spacial score (nSPS) is 10.8. The number of rotatable bonds is 4. The largest absolute Gasteiger partial charge is 0.350 e. The lowest BCUT2D eigenvalue weighted by Gasteiger charge is -2.09. The highest BCUT2D eigenvalue weighted by molar-refractivity contribution is 6.30. The van der Waals surface area contributed by atoms with Crippen LogP contribution in [0.4, 0.5) is 14.7 Å². The maximum atomic E-state index is 13.8. The maximum Gasteiger partial charge on any atom is 0.222 e. The third kappa shape index (κ3) is 4.03. The molecule has 0 spiro atoms. The van der Waals surface area contributed by atoms with Gasteiger partial charge in [-0.3, -0.25) is 0 Å². The summed E-state index contributed by atoms with van der Waals surface area (Å²) in [5.41, 5.74) is 2.42. The Morgan fingerprint density at radius 3 is 2.20 bits per heavy atom. The highest BCUT2D eigenvalue weighted by Crippen LogP contribution is 2.24. The number of nitrogens with zero attached hydrogens (tertiary/aromatic N) is 3. The molecular weight excluding hydrogens is 369 g/mol. The Balaban J connectivity index is 1.75. The van der Waals surface area contributed by atoms with E-state index in [-0.39, 0.29) is 23.1 Å². The molecule has 0 amide bonds. The van der Waals surface area contributed by atoms with Gasteiger partial charge in [-0.15, -0.1) is 0 Å². The summed E-state index contributed by atoms with van der Waals surface area (Å²) in [6.07, 6.45) is 4.84. The molecule has 0 atom stereocenters. The molecule has 1 aromatic carbocycles. The Labute approximate surface area is 152 Å². The zero-order valence-electron chi connectivity index (χ0n) is 13.0. The van der Waals surface area contributed by atoms with Gasteiger partial charge in [-0.25, -0.2) is 23.7 Å². The number of halogens is 4. The zero-order valence-corrected chi connectivity index (χ0v) is 14.5. The van der Waals surface area contributed by atoms with E-state index in [2.05, 4.69) is 20.3 Å². The summed E-state index contributed by atoms with van der Waals surface area (Å²) in [5.74, 6) is -1.20. The Kier molecular flexibility index (Phi) is 5.11. The van der Waals surface area contributed by atoms with Gasteiger partial charge < -0.3 is 5.32 Å². The molecule has 2 heterocycles. The number of benzene rings is 1. The van der Waals surface area contributed by atoms with Crippen LogP contribution in [0.3, 0.4) is 0 Å². The standard InChI is InChI=1S/C17H12Cl2F2N4/c1-9-2-16(19)22-7-12(9)10-5-23-17(24-6-10)25-8-13-14(20)3-11(18)4-15(13)21/h2-7H,8H2,1H3,(H,23,24,25). The molecule has 8 heteroatoms. The first-order valence-corrected chi connectivity index (χ1v) is 8.01. The van der Waals surface area contributed by atoms with E-state index >= 15 is 0 Å². The van der Waals surface area contributed by atoms with Gasteiger partial charge in [-0.1, -0.05) is 23.2 Å². The van der Waals surface area contributed by atoms with Crippen LogP contribution in [0.2, 0.25) is 10.2 Å². The third-order valence-corrected chi connectivity index (χ3v) is 3.99. The molecule has 25 heavy (non-hydrogen) atoms. The monoisotopic (exact) mass is 380 g/mol. The van der Waals surface area contributed by atoms with Crippen LogP contribution in [-0.4, -0.2) is 15.0 Å².